The summed E-state index contributed by atoms with van der Waals surface area (Å²) in [6.07, 6.45) is -2.12. The third kappa shape index (κ3) is 3.13. The average molecular weight is 139 g/mol. The van der Waals surface area contributed by atoms with Crippen molar-refractivity contribution >= 4 is 0 Å². The maximum atomic E-state index is 11.5. The van der Waals surface area contributed by atoms with Crippen LogP contribution >= 0.6 is 0 Å². The van der Waals surface area contributed by atoms with E-state index in [0.29, 0.717) is 0 Å². The molecule has 0 fully saturated rings. The Bertz CT molecular complexity index is 105. The molecule has 54 valence electrons. The van der Waals surface area contributed by atoms with Crippen molar-refractivity contribution in [2.24, 2.45) is 5.73 Å². The molecule has 0 aromatic heterocycles. The molecular formula is C5H8F3N. The molecule has 0 aliphatic rings. The van der Waals surface area contributed by atoms with E-state index in [4.69, 9.17) is 0 Å². The van der Waals surface area contributed by atoms with Crippen LogP contribution in [0.25, 0.3) is 0 Å². The molecule has 0 spiro atoms. The van der Waals surface area contributed by atoms with E-state index < -0.39 is 12.2 Å². The minimum Gasteiger partial charge on any atom is -0.317 e. The normalized spacial score (nSPS) is 16.6. The number of hydrogen-bond donors (Lipinski definition) is 1. The summed E-state index contributed by atoms with van der Waals surface area (Å²) in [6, 6.07) is -1.82. The van der Waals surface area contributed by atoms with Gasteiger partial charge in [-0.15, -0.1) is 0 Å². The zero-order valence-corrected chi connectivity index (χ0v) is 4.94. The number of halogens is 3. The van der Waals surface area contributed by atoms with Gasteiger partial charge in [-0.25, -0.2) is 0 Å². The Labute approximate surface area is 51.3 Å². The lowest BCUT2D eigenvalue weighted by Gasteiger charge is -2.09. The van der Waals surface area contributed by atoms with Crippen molar-refractivity contribution in [2.75, 3.05) is 0 Å². The summed E-state index contributed by atoms with van der Waals surface area (Å²) in [4.78, 5) is 0. The van der Waals surface area contributed by atoms with E-state index in [9.17, 15) is 13.2 Å². The van der Waals surface area contributed by atoms with Crippen LogP contribution in [-0.4, -0.2) is 12.2 Å². The first kappa shape index (κ1) is 8.49. The Kier molecular flexibility index (Phi) is 2.70. The third-order valence-corrected chi connectivity index (χ3v) is 0.778. The number of nitrogens with two attached hydrogens (primary N) is 1. The second-order valence-corrected chi connectivity index (χ2v) is 1.59. The van der Waals surface area contributed by atoms with Crippen LogP contribution in [0.1, 0.15) is 6.92 Å². The Hall–Kier alpha value is -0.510. The molecule has 0 amide bonds. The van der Waals surface area contributed by atoms with Gasteiger partial charge in [-0.05, 0) is 6.92 Å². The van der Waals surface area contributed by atoms with Crippen molar-refractivity contribution in [2.45, 2.75) is 19.1 Å². The minimum absolute atomic E-state index is 0.903. The number of rotatable bonds is 1. The highest BCUT2D eigenvalue weighted by Crippen LogP contribution is 2.18. The average Bonchev–Trinajstić information content (AvgIpc) is 1.64. The van der Waals surface area contributed by atoms with Gasteiger partial charge in [-0.1, -0.05) is 12.2 Å². The van der Waals surface area contributed by atoms with Crippen LogP contribution < -0.4 is 5.73 Å². The fourth-order valence-corrected chi connectivity index (χ4v) is 0.316. The SMILES string of the molecule is C/C=C/C(N)C(F)(F)F. The predicted octanol–water partition coefficient (Wildman–Crippen LogP) is 1.45. The number of alkyl halides is 3. The van der Waals surface area contributed by atoms with Gasteiger partial charge in [0.1, 0.15) is 6.04 Å². The first-order valence-corrected chi connectivity index (χ1v) is 2.43. The van der Waals surface area contributed by atoms with E-state index in [2.05, 4.69) is 5.73 Å². The summed E-state index contributed by atoms with van der Waals surface area (Å²) in [5.41, 5.74) is 4.65. The molecule has 0 aromatic carbocycles. The molecule has 0 saturated heterocycles. The molecule has 2 N–H and O–H groups in total. The summed E-state index contributed by atoms with van der Waals surface area (Å²) in [5, 5.41) is 0. The standard InChI is InChI=1S/C5H8F3N/c1-2-3-4(9)5(6,7)8/h2-4H,9H2,1H3/b3-2+. The fraction of sp³-hybridized carbons (Fsp3) is 0.600. The van der Waals surface area contributed by atoms with Gasteiger partial charge in [0.25, 0.3) is 0 Å². The molecule has 0 radical (unpaired) electrons. The summed E-state index contributed by atoms with van der Waals surface area (Å²) in [6.45, 7) is 1.49. The van der Waals surface area contributed by atoms with Gasteiger partial charge >= 0.3 is 6.18 Å². The first-order valence-electron chi connectivity index (χ1n) is 2.43. The minimum atomic E-state index is -4.30. The predicted molar refractivity (Wildman–Crippen MR) is 28.8 cm³/mol. The van der Waals surface area contributed by atoms with Crippen LogP contribution in [0.15, 0.2) is 12.2 Å². The van der Waals surface area contributed by atoms with E-state index in [1.165, 1.54) is 13.0 Å². The first-order chi connectivity index (χ1) is 3.98. The van der Waals surface area contributed by atoms with Crippen molar-refractivity contribution in [1.29, 1.82) is 0 Å². The molecule has 4 heteroatoms. The summed E-state index contributed by atoms with van der Waals surface area (Å²) in [7, 11) is 0. The zero-order valence-electron chi connectivity index (χ0n) is 4.94. The molecule has 1 unspecified atom stereocenters. The molecule has 1 atom stereocenters. The van der Waals surface area contributed by atoms with E-state index >= 15 is 0 Å². The van der Waals surface area contributed by atoms with Crippen LogP contribution in [-0.2, 0) is 0 Å². The van der Waals surface area contributed by atoms with Gasteiger partial charge in [0, 0.05) is 0 Å². The van der Waals surface area contributed by atoms with Crippen LogP contribution in [0.5, 0.6) is 0 Å². The lowest BCUT2D eigenvalue weighted by atomic mass is 10.3. The van der Waals surface area contributed by atoms with Crippen LogP contribution in [0.3, 0.4) is 0 Å². The third-order valence-electron chi connectivity index (χ3n) is 0.778. The zero-order chi connectivity index (χ0) is 7.49. The van der Waals surface area contributed by atoms with Crippen LogP contribution in [0, 0.1) is 0 Å². The van der Waals surface area contributed by atoms with Gasteiger partial charge in [0.05, 0.1) is 0 Å². The summed E-state index contributed by atoms with van der Waals surface area (Å²) in [5.74, 6) is 0. The highest BCUT2D eigenvalue weighted by molar-refractivity contribution is 4.93. The molecule has 9 heavy (non-hydrogen) atoms. The van der Waals surface area contributed by atoms with E-state index in [1.54, 1.807) is 0 Å². The number of hydrogen-bond acceptors (Lipinski definition) is 1. The molecule has 0 aromatic rings. The van der Waals surface area contributed by atoms with Gasteiger partial charge in [0.2, 0.25) is 0 Å². The highest BCUT2D eigenvalue weighted by atomic mass is 19.4. The van der Waals surface area contributed by atoms with Gasteiger partial charge in [-0.3, -0.25) is 0 Å². The molecule has 0 rings (SSSR count). The van der Waals surface area contributed by atoms with Gasteiger partial charge in [0.15, 0.2) is 0 Å². The molecule has 0 bridgehead atoms. The second kappa shape index (κ2) is 2.87. The Morgan fingerprint density at radius 3 is 2.00 bits per heavy atom. The molecule has 1 nitrogen and oxygen atoms in total. The molecule has 0 saturated carbocycles. The summed E-state index contributed by atoms with van der Waals surface area (Å²) >= 11 is 0. The topological polar surface area (TPSA) is 26.0 Å². The van der Waals surface area contributed by atoms with E-state index in [0.717, 1.165) is 6.08 Å². The fourth-order valence-electron chi connectivity index (χ4n) is 0.316. The Balaban J connectivity index is 3.88. The van der Waals surface area contributed by atoms with Crippen LogP contribution in [0.4, 0.5) is 13.2 Å². The van der Waals surface area contributed by atoms with E-state index in [-0.39, 0.29) is 0 Å². The molecule has 0 aliphatic carbocycles. The molecule has 0 heterocycles. The van der Waals surface area contributed by atoms with Crippen molar-refractivity contribution in [3.05, 3.63) is 12.2 Å². The Morgan fingerprint density at radius 2 is 1.89 bits per heavy atom. The lowest BCUT2D eigenvalue weighted by Crippen LogP contribution is -2.35. The molecular weight excluding hydrogens is 131 g/mol. The second-order valence-electron chi connectivity index (χ2n) is 1.59. The van der Waals surface area contributed by atoms with Crippen LogP contribution in [0.2, 0.25) is 0 Å². The highest BCUT2D eigenvalue weighted by Gasteiger charge is 2.34. The van der Waals surface area contributed by atoms with Crippen molar-refractivity contribution in [3.63, 3.8) is 0 Å². The number of allylic oxidation sites excluding steroid dienone is 1. The van der Waals surface area contributed by atoms with Crippen molar-refractivity contribution in [1.82, 2.24) is 0 Å². The van der Waals surface area contributed by atoms with E-state index in [1.807, 2.05) is 0 Å². The van der Waals surface area contributed by atoms with Crippen molar-refractivity contribution < 1.29 is 13.2 Å². The smallest absolute Gasteiger partial charge is 0.317 e. The molecule has 0 aliphatic heterocycles. The lowest BCUT2D eigenvalue weighted by molar-refractivity contribution is -0.136. The van der Waals surface area contributed by atoms with Gasteiger partial charge < -0.3 is 5.73 Å². The van der Waals surface area contributed by atoms with Crippen molar-refractivity contribution in [3.8, 4) is 0 Å². The largest absolute Gasteiger partial charge is 0.407 e. The maximum absolute atomic E-state index is 11.5. The van der Waals surface area contributed by atoms with Gasteiger partial charge in [-0.2, -0.15) is 13.2 Å². The Morgan fingerprint density at radius 1 is 1.44 bits per heavy atom. The monoisotopic (exact) mass is 139 g/mol. The summed E-state index contributed by atoms with van der Waals surface area (Å²) < 4.78 is 34.4. The maximum Gasteiger partial charge on any atom is 0.407 e. The quantitative estimate of drug-likeness (QED) is 0.546.